The first-order chi connectivity index (χ1) is 16.8. The molecule has 0 aliphatic carbocycles. The fourth-order valence-electron chi connectivity index (χ4n) is 3.45. The van der Waals surface area contributed by atoms with E-state index in [2.05, 4.69) is 24.5 Å². The van der Waals surface area contributed by atoms with Crippen LogP contribution in [0, 0.1) is 11.8 Å². The third-order valence-electron chi connectivity index (χ3n) is 5.52. The van der Waals surface area contributed by atoms with E-state index in [-0.39, 0.29) is 12.5 Å². The molecule has 35 heavy (non-hydrogen) atoms. The number of thioether (sulfide) groups is 1. The molecule has 0 bridgehead atoms. The molecule has 0 aromatic heterocycles. The molecule has 8 nitrogen and oxygen atoms in total. The molecule has 4 N–H and O–H groups in total. The number of hydroxylamine groups is 1. The minimum absolute atomic E-state index is 0.108. The van der Waals surface area contributed by atoms with Gasteiger partial charge in [-0.05, 0) is 30.0 Å². The number of carbonyl (C=O) groups is 3. The van der Waals surface area contributed by atoms with Crippen LogP contribution in [0.4, 0.5) is 4.79 Å². The second kappa shape index (κ2) is 15.1. The lowest BCUT2D eigenvalue weighted by Gasteiger charge is -2.29. The molecule has 0 unspecified atom stereocenters. The van der Waals surface area contributed by atoms with Crippen LogP contribution >= 0.6 is 11.8 Å². The summed E-state index contributed by atoms with van der Waals surface area (Å²) >= 11 is 1.48. The van der Waals surface area contributed by atoms with Crippen molar-refractivity contribution in [2.75, 3.05) is 25.9 Å². The molecule has 0 saturated carbocycles. The van der Waals surface area contributed by atoms with Crippen molar-refractivity contribution in [1.29, 1.82) is 0 Å². The highest BCUT2D eigenvalue weighted by molar-refractivity contribution is 7.99. The Balaban J connectivity index is 2.16. The largest absolute Gasteiger partial charge is 0.357 e. The number of hydrogen-bond donors (Lipinski definition) is 4. The second-order valence-electron chi connectivity index (χ2n) is 8.73. The number of nitrogens with one attached hydrogen (secondary N) is 3. The zero-order valence-corrected chi connectivity index (χ0v) is 21.4. The van der Waals surface area contributed by atoms with Gasteiger partial charge in [0.15, 0.2) is 0 Å². The SMILES string of the molecule is CNC(=O)[C@H](Cc1ccccc1)NC(=O)N(CCC(C)C)C[C@H](CSc1ccccc1)C(=O)NO. The molecule has 2 aromatic carbocycles. The number of amides is 4. The summed E-state index contributed by atoms with van der Waals surface area (Å²) in [5.74, 6) is -0.771. The van der Waals surface area contributed by atoms with Crippen LogP contribution in [-0.2, 0) is 16.0 Å². The van der Waals surface area contributed by atoms with Crippen molar-refractivity contribution in [3.8, 4) is 0 Å². The maximum Gasteiger partial charge on any atom is 0.318 e. The van der Waals surface area contributed by atoms with Crippen LogP contribution in [0.2, 0.25) is 0 Å². The number of benzene rings is 2. The van der Waals surface area contributed by atoms with Crippen molar-refractivity contribution in [2.24, 2.45) is 11.8 Å². The van der Waals surface area contributed by atoms with E-state index in [1.165, 1.54) is 18.8 Å². The molecule has 2 rings (SSSR count). The summed E-state index contributed by atoms with van der Waals surface area (Å²) in [6.07, 6.45) is 1.07. The van der Waals surface area contributed by atoms with E-state index in [1.807, 2.05) is 60.7 Å². The zero-order valence-electron chi connectivity index (χ0n) is 20.6. The molecule has 190 valence electrons. The Hall–Kier alpha value is -3.04. The quantitative estimate of drug-likeness (QED) is 0.192. The highest BCUT2D eigenvalue weighted by Crippen LogP contribution is 2.21. The van der Waals surface area contributed by atoms with Gasteiger partial charge in [0.2, 0.25) is 11.8 Å². The first kappa shape index (κ1) is 28.2. The van der Waals surface area contributed by atoms with Crippen LogP contribution in [0.1, 0.15) is 25.8 Å². The Morgan fingerprint density at radius 3 is 2.17 bits per heavy atom. The summed E-state index contributed by atoms with van der Waals surface area (Å²) in [6, 6.07) is 17.9. The number of nitrogens with zero attached hydrogens (tertiary/aromatic N) is 1. The third kappa shape index (κ3) is 10.00. The van der Waals surface area contributed by atoms with Crippen LogP contribution in [0.15, 0.2) is 65.6 Å². The molecule has 4 amide bonds. The molecule has 2 aromatic rings. The maximum absolute atomic E-state index is 13.3. The van der Waals surface area contributed by atoms with E-state index >= 15 is 0 Å². The Labute approximate surface area is 211 Å². The van der Waals surface area contributed by atoms with Gasteiger partial charge in [0.1, 0.15) is 6.04 Å². The average Bonchev–Trinajstić information content (AvgIpc) is 2.87. The first-order valence-electron chi connectivity index (χ1n) is 11.8. The van der Waals surface area contributed by atoms with Crippen molar-refractivity contribution >= 4 is 29.6 Å². The van der Waals surface area contributed by atoms with Gasteiger partial charge in [0, 0.05) is 37.2 Å². The Morgan fingerprint density at radius 2 is 1.60 bits per heavy atom. The standard InChI is InChI=1S/C26H36N4O4S/c1-19(2)14-15-30(17-21(24(31)29-34)18-35-22-12-8-5-9-13-22)26(33)28-23(25(32)27-3)16-20-10-6-4-7-11-20/h4-13,19,21,23,34H,14-18H2,1-3H3,(H,27,32)(H,28,33)(H,29,31)/t21-,23+/m1/s1. The first-order valence-corrected chi connectivity index (χ1v) is 12.7. The predicted molar refractivity (Wildman–Crippen MR) is 138 cm³/mol. The molecule has 9 heteroatoms. The number of likely N-dealkylation sites (N-methyl/N-ethyl adjacent to an activating group) is 1. The van der Waals surface area contributed by atoms with E-state index in [9.17, 15) is 19.6 Å². The van der Waals surface area contributed by atoms with E-state index < -0.39 is 23.9 Å². The third-order valence-corrected chi connectivity index (χ3v) is 6.70. The Bertz CT molecular complexity index is 927. The van der Waals surface area contributed by atoms with E-state index in [0.717, 1.165) is 16.9 Å². The molecule has 0 fully saturated rings. The number of urea groups is 1. The van der Waals surface area contributed by atoms with E-state index in [1.54, 1.807) is 10.4 Å². The number of hydrogen-bond acceptors (Lipinski definition) is 5. The van der Waals surface area contributed by atoms with Gasteiger partial charge in [-0.15, -0.1) is 11.8 Å². The second-order valence-corrected chi connectivity index (χ2v) is 9.83. The van der Waals surface area contributed by atoms with Crippen LogP contribution in [0.5, 0.6) is 0 Å². The summed E-state index contributed by atoms with van der Waals surface area (Å²) in [6.45, 7) is 4.64. The van der Waals surface area contributed by atoms with Gasteiger partial charge in [-0.2, -0.15) is 0 Å². The lowest BCUT2D eigenvalue weighted by Crippen LogP contribution is -2.53. The Morgan fingerprint density at radius 1 is 0.971 bits per heavy atom. The zero-order chi connectivity index (χ0) is 25.6. The highest BCUT2D eigenvalue weighted by atomic mass is 32.2. The fraction of sp³-hybridized carbons (Fsp3) is 0.423. The molecule has 0 saturated heterocycles. The van der Waals surface area contributed by atoms with Gasteiger partial charge in [-0.25, -0.2) is 10.3 Å². The van der Waals surface area contributed by atoms with Gasteiger partial charge < -0.3 is 15.5 Å². The number of carbonyl (C=O) groups excluding carboxylic acids is 3. The highest BCUT2D eigenvalue weighted by Gasteiger charge is 2.28. The van der Waals surface area contributed by atoms with Crippen LogP contribution in [0.25, 0.3) is 0 Å². The van der Waals surface area contributed by atoms with Gasteiger partial charge in [-0.3, -0.25) is 14.8 Å². The molecule has 0 aliphatic rings. The van der Waals surface area contributed by atoms with Crippen molar-refractivity contribution < 1.29 is 19.6 Å². The minimum Gasteiger partial charge on any atom is -0.357 e. The summed E-state index contributed by atoms with van der Waals surface area (Å²) in [7, 11) is 1.53. The van der Waals surface area contributed by atoms with Crippen LogP contribution in [0.3, 0.4) is 0 Å². The minimum atomic E-state index is -0.764. The lowest BCUT2D eigenvalue weighted by atomic mass is 10.1. The maximum atomic E-state index is 13.3. The van der Waals surface area contributed by atoms with E-state index in [4.69, 9.17) is 0 Å². The summed E-state index contributed by atoms with van der Waals surface area (Å²) < 4.78 is 0. The van der Waals surface area contributed by atoms with Crippen molar-refractivity contribution in [3.05, 3.63) is 66.2 Å². The monoisotopic (exact) mass is 500 g/mol. The van der Waals surface area contributed by atoms with E-state index in [0.29, 0.717) is 24.6 Å². The molecule has 0 radical (unpaired) electrons. The average molecular weight is 501 g/mol. The molecule has 2 atom stereocenters. The van der Waals surface area contributed by atoms with Gasteiger partial charge in [0.05, 0.1) is 5.92 Å². The predicted octanol–water partition coefficient (Wildman–Crippen LogP) is 3.32. The smallest absolute Gasteiger partial charge is 0.318 e. The molecular formula is C26H36N4O4S. The lowest BCUT2D eigenvalue weighted by molar-refractivity contribution is -0.133. The van der Waals surface area contributed by atoms with Crippen LogP contribution in [-0.4, -0.2) is 59.9 Å². The fourth-order valence-corrected chi connectivity index (χ4v) is 4.45. The van der Waals surface area contributed by atoms with Crippen molar-refractivity contribution in [3.63, 3.8) is 0 Å². The molecule has 0 spiro atoms. The molecule has 0 aliphatic heterocycles. The summed E-state index contributed by atoms with van der Waals surface area (Å²) in [5, 5.41) is 14.8. The van der Waals surface area contributed by atoms with Crippen LogP contribution < -0.4 is 16.1 Å². The van der Waals surface area contributed by atoms with Crippen molar-refractivity contribution in [1.82, 2.24) is 21.0 Å². The van der Waals surface area contributed by atoms with Gasteiger partial charge in [-0.1, -0.05) is 62.4 Å². The normalized spacial score (nSPS) is 12.5. The Kier molecular flexibility index (Phi) is 12.1. The van der Waals surface area contributed by atoms with Crippen molar-refractivity contribution in [2.45, 2.75) is 37.6 Å². The van der Waals surface area contributed by atoms with Gasteiger partial charge >= 0.3 is 6.03 Å². The number of rotatable bonds is 13. The molecular weight excluding hydrogens is 464 g/mol. The topological polar surface area (TPSA) is 111 Å². The molecule has 0 heterocycles. The summed E-state index contributed by atoms with van der Waals surface area (Å²) in [5.41, 5.74) is 2.66. The van der Waals surface area contributed by atoms with Gasteiger partial charge in [0.25, 0.3) is 0 Å². The summed E-state index contributed by atoms with van der Waals surface area (Å²) in [4.78, 5) is 40.9.